The number of hydrogen-bond acceptors (Lipinski definition) is 1. The molecule has 1 unspecified atom stereocenters. The van der Waals surface area contributed by atoms with Gasteiger partial charge in [-0.05, 0) is 6.42 Å². The maximum Gasteiger partial charge on any atom is 0.456 e. The molecule has 0 aliphatic carbocycles. The van der Waals surface area contributed by atoms with Crippen molar-refractivity contribution in [3.63, 3.8) is 0 Å². The molecule has 0 heterocycles. The quantitative estimate of drug-likeness (QED) is 0.533. The van der Waals surface area contributed by atoms with Crippen molar-refractivity contribution in [3.8, 4) is 0 Å². The molecule has 0 aromatic carbocycles. The molecule has 6 heteroatoms. The highest BCUT2D eigenvalue weighted by Gasteiger charge is 2.61. The van der Waals surface area contributed by atoms with Gasteiger partial charge in [0.25, 0.3) is 0 Å². The summed E-state index contributed by atoms with van der Waals surface area (Å²) in [5, 5.41) is 8.37. The van der Waals surface area contributed by atoms with Crippen LogP contribution in [0.2, 0.25) is 0 Å². The maximum atomic E-state index is 12.1. The Morgan fingerprint density at radius 3 is 1.92 bits per heavy atom. The molecule has 0 aromatic rings. The van der Waals surface area contributed by atoms with Gasteiger partial charge in [0.2, 0.25) is 0 Å². The average molecular weight is 190 g/mol. The van der Waals surface area contributed by atoms with Crippen molar-refractivity contribution in [1.29, 1.82) is 0 Å². The SMILES string of the molecule is C=CCC(O)C(F)(F)C(F)(F)F. The zero-order valence-electron chi connectivity index (χ0n) is 5.91. The van der Waals surface area contributed by atoms with E-state index in [0.717, 1.165) is 6.08 Å². The summed E-state index contributed by atoms with van der Waals surface area (Å²) in [7, 11) is 0. The summed E-state index contributed by atoms with van der Waals surface area (Å²) >= 11 is 0. The van der Waals surface area contributed by atoms with Crippen molar-refractivity contribution in [2.75, 3.05) is 0 Å². The van der Waals surface area contributed by atoms with Crippen molar-refractivity contribution in [1.82, 2.24) is 0 Å². The molecule has 1 nitrogen and oxygen atoms in total. The minimum atomic E-state index is -5.71. The molecule has 12 heavy (non-hydrogen) atoms. The topological polar surface area (TPSA) is 20.2 Å². The lowest BCUT2D eigenvalue weighted by Crippen LogP contribution is -2.46. The fourth-order valence-electron chi connectivity index (χ4n) is 0.495. The van der Waals surface area contributed by atoms with Crippen molar-refractivity contribution in [2.24, 2.45) is 0 Å². The Morgan fingerprint density at radius 2 is 1.67 bits per heavy atom. The highest BCUT2D eigenvalue weighted by molar-refractivity contribution is 4.88. The molecule has 0 aliphatic rings. The third kappa shape index (κ3) is 2.17. The van der Waals surface area contributed by atoms with Crippen molar-refractivity contribution in [2.45, 2.75) is 24.6 Å². The van der Waals surface area contributed by atoms with E-state index in [2.05, 4.69) is 6.58 Å². The van der Waals surface area contributed by atoms with Crippen LogP contribution in [-0.2, 0) is 0 Å². The molecule has 0 saturated carbocycles. The Hall–Kier alpha value is -0.650. The second kappa shape index (κ2) is 3.38. The zero-order chi connectivity index (χ0) is 9.99. The second-order valence-corrected chi connectivity index (χ2v) is 2.16. The number of aliphatic hydroxyl groups is 1. The van der Waals surface area contributed by atoms with E-state index in [1.54, 1.807) is 0 Å². The predicted octanol–water partition coefficient (Wildman–Crippen LogP) is 2.12. The van der Waals surface area contributed by atoms with Crippen LogP contribution >= 0.6 is 0 Å². The smallest absolute Gasteiger partial charge is 0.386 e. The molecule has 0 fully saturated rings. The average Bonchev–Trinajstić information content (AvgIpc) is 1.85. The van der Waals surface area contributed by atoms with Crippen LogP contribution in [-0.4, -0.2) is 23.3 Å². The first-order valence-corrected chi connectivity index (χ1v) is 2.97. The summed E-state index contributed by atoms with van der Waals surface area (Å²) < 4.78 is 58.6. The zero-order valence-corrected chi connectivity index (χ0v) is 5.91. The van der Waals surface area contributed by atoms with Gasteiger partial charge in [-0.25, -0.2) is 0 Å². The first-order chi connectivity index (χ1) is 5.23. The third-order valence-electron chi connectivity index (χ3n) is 1.19. The molecule has 0 aliphatic heterocycles. The van der Waals surface area contributed by atoms with E-state index in [1.807, 2.05) is 0 Å². The molecule has 1 atom stereocenters. The molecule has 0 radical (unpaired) electrons. The third-order valence-corrected chi connectivity index (χ3v) is 1.19. The van der Waals surface area contributed by atoms with Gasteiger partial charge < -0.3 is 5.11 Å². The van der Waals surface area contributed by atoms with Crippen LogP contribution in [0, 0.1) is 0 Å². The van der Waals surface area contributed by atoms with Crippen LogP contribution in [0.15, 0.2) is 12.7 Å². The van der Waals surface area contributed by atoms with Crippen molar-refractivity contribution < 1.29 is 27.1 Å². The van der Waals surface area contributed by atoms with Gasteiger partial charge in [-0.3, -0.25) is 0 Å². The first kappa shape index (κ1) is 11.4. The molecule has 1 N–H and O–H groups in total. The summed E-state index contributed by atoms with van der Waals surface area (Å²) in [6.45, 7) is 2.94. The number of alkyl halides is 5. The van der Waals surface area contributed by atoms with Crippen LogP contribution in [0.3, 0.4) is 0 Å². The molecule has 0 spiro atoms. The molecular formula is C6H7F5O. The lowest BCUT2D eigenvalue weighted by Gasteiger charge is -2.23. The molecule has 0 aromatic heterocycles. The first-order valence-electron chi connectivity index (χ1n) is 2.97. The van der Waals surface area contributed by atoms with Crippen LogP contribution < -0.4 is 0 Å². The Balaban J connectivity index is 4.48. The molecule has 0 amide bonds. The van der Waals surface area contributed by atoms with Gasteiger partial charge in [-0.15, -0.1) is 6.58 Å². The summed E-state index contributed by atoms with van der Waals surface area (Å²) in [4.78, 5) is 0. The molecule has 0 rings (SSSR count). The summed E-state index contributed by atoms with van der Waals surface area (Å²) in [5.41, 5.74) is 0. The van der Waals surface area contributed by atoms with E-state index in [1.165, 1.54) is 0 Å². The Bertz CT molecular complexity index is 162. The fraction of sp³-hybridized carbons (Fsp3) is 0.667. The van der Waals surface area contributed by atoms with E-state index in [4.69, 9.17) is 5.11 Å². The molecule has 0 bridgehead atoms. The van der Waals surface area contributed by atoms with E-state index in [-0.39, 0.29) is 0 Å². The van der Waals surface area contributed by atoms with Gasteiger partial charge in [-0.1, -0.05) is 6.08 Å². The summed E-state index contributed by atoms with van der Waals surface area (Å²) in [6.07, 6.45) is -8.47. The van der Waals surface area contributed by atoms with E-state index in [0.29, 0.717) is 0 Å². The van der Waals surface area contributed by atoms with Crippen LogP contribution in [0.4, 0.5) is 22.0 Å². The van der Waals surface area contributed by atoms with Gasteiger partial charge in [-0.2, -0.15) is 22.0 Å². The van der Waals surface area contributed by atoms with Gasteiger partial charge in [0.05, 0.1) is 0 Å². The Morgan fingerprint density at radius 1 is 1.25 bits per heavy atom. The Kier molecular flexibility index (Phi) is 3.20. The lowest BCUT2D eigenvalue weighted by molar-refractivity contribution is -0.312. The standard InChI is InChI=1S/C6H7F5O/c1-2-3-4(12)5(7,8)6(9,10)11/h2,4,12H,1,3H2. The monoisotopic (exact) mass is 190 g/mol. The number of halogens is 5. The van der Waals surface area contributed by atoms with Crippen LogP contribution in [0.5, 0.6) is 0 Å². The highest BCUT2D eigenvalue weighted by Crippen LogP contribution is 2.38. The van der Waals surface area contributed by atoms with Gasteiger partial charge in [0.15, 0.2) is 0 Å². The predicted molar refractivity (Wildman–Crippen MR) is 31.8 cm³/mol. The Labute approximate surface area is 65.5 Å². The highest BCUT2D eigenvalue weighted by atomic mass is 19.4. The minimum Gasteiger partial charge on any atom is -0.386 e. The van der Waals surface area contributed by atoms with Crippen molar-refractivity contribution in [3.05, 3.63) is 12.7 Å². The number of hydrogen-bond donors (Lipinski definition) is 1. The number of rotatable bonds is 3. The van der Waals surface area contributed by atoms with E-state index < -0.39 is 24.6 Å². The van der Waals surface area contributed by atoms with Crippen molar-refractivity contribution >= 4 is 0 Å². The van der Waals surface area contributed by atoms with Gasteiger partial charge in [0, 0.05) is 0 Å². The van der Waals surface area contributed by atoms with E-state index >= 15 is 0 Å². The van der Waals surface area contributed by atoms with Gasteiger partial charge in [0.1, 0.15) is 6.10 Å². The molecule has 0 saturated heterocycles. The van der Waals surface area contributed by atoms with Gasteiger partial charge >= 0.3 is 12.1 Å². The number of aliphatic hydroxyl groups excluding tert-OH is 1. The fourth-order valence-corrected chi connectivity index (χ4v) is 0.495. The summed E-state index contributed by atoms with van der Waals surface area (Å²) in [6, 6.07) is 0. The maximum absolute atomic E-state index is 12.1. The molecule has 72 valence electrons. The summed E-state index contributed by atoms with van der Waals surface area (Å²) in [5.74, 6) is -5.07. The molecular weight excluding hydrogens is 183 g/mol. The normalized spacial score (nSPS) is 15.8. The lowest BCUT2D eigenvalue weighted by atomic mass is 10.1. The van der Waals surface area contributed by atoms with Crippen LogP contribution in [0.1, 0.15) is 6.42 Å². The largest absolute Gasteiger partial charge is 0.456 e. The van der Waals surface area contributed by atoms with Crippen LogP contribution in [0.25, 0.3) is 0 Å². The second-order valence-electron chi connectivity index (χ2n) is 2.16. The van der Waals surface area contributed by atoms with E-state index in [9.17, 15) is 22.0 Å². The minimum absolute atomic E-state index is 0.796.